The molecule has 1 aliphatic rings. The Hall–Kier alpha value is -0.0800. The molecule has 0 radical (unpaired) electrons. The molecule has 78 valence electrons. The smallest absolute Gasteiger partial charge is 0.0613 e. The van der Waals surface area contributed by atoms with Crippen molar-refractivity contribution in [2.45, 2.75) is 57.4 Å². The summed E-state index contributed by atoms with van der Waals surface area (Å²) in [4.78, 5) is 0. The highest BCUT2D eigenvalue weighted by molar-refractivity contribution is 4.92. The predicted octanol–water partition coefficient (Wildman–Crippen LogP) is 2.07. The normalized spacial score (nSPS) is 28.2. The van der Waals surface area contributed by atoms with E-state index in [-0.39, 0.29) is 5.54 Å². The summed E-state index contributed by atoms with van der Waals surface area (Å²) in [5, 5.41) is 12.8. The Morgan fingerprint density at radius 3 is 2.69 bits per heavy atom. The molecule has 13 heavy (non-hydrogen) atoms. The standard InChI is InChI=1S/C11H23NO/c1-2-3-4-5-7-11(10-13)8-6-9-12-11/h12-13H,2-10H2,1H3. The van der Waals surface area contributed by atoms with Gasteiger partial charge in [0.2, 0.25) is 0 Å². The van der Waals surface area contributed by atoms with Gasteiger partial charge in [0.15, 0.2) is 0 Å². The zero-order valence-electron chi connectivity index (χ0n) is 8.81. The first-order valence-corrected chi connectivity index (χ1v) is 5.69. The van der Waals surface area contributed by atoms with Crippen LogP contribution < -0.4 is 5.32 Å². The van der Waals surface area contributed by atoms with E-state index in [1.165, 1.54) is 32.1 Å². The maximum atomic E-state index is 9.31. The molecule has 1 fully saturated rings. The second kappa shape index (κ2) is 5.61. The van der Waals surface area contributed by atoms with Crippen molar-refractivity contribution in [2.75, 3.05) is 13.2 Å². The molecule has 0 aromatic carbocycles. The Balaban J connectivity index is 2.16. The Morgan fingerprint density at radius 2 is 2.15 bits per heavy atom. The number of unbranched alkanes of at least 4 members (excludes halogenated alkanes) is 3. The fraction of sp³-hybridized carbons (Fsp3) is 1.00. The molecule has 2 heteroatoms. The summed E-state index contributed by atoms with van der Waals surface area (Å²) in [6, 6.07) is 0. The Labute approximate surface area is 81.7 Å². The van der Waals surface area contributed by atoms with Crippen LogP contribution in [0.2, 0.25) is 0 Å². The molecular weight excluding hydrogens is 162 g/mol. The van der Waals surface area contributed by atoms with Crippen molar-refractivity contribution in [1.82, 2.24) is 5.32 Å². The highest BCUT2D eigenvalue weighted by Crippen LogP contribution is 2.25. The van der Waals surface area contributed by atoms with Gasteiger partial charge >= 0.3 is 0 Å². The van der Waals surface area contributed by atoms with Crippen molar-refractivity contribution in [3.05, 3.63) is 0 Å². The zero-order valence-corrected chi connectivity index (χ0v) is 8.81. The molecule has 0 amide bonds. The highest BCUT2D eigenvalue weighted by atomic mass is 16.3. The van der Waals surface area contributed by atoms with Gasteiger partial charge in [-0.1, -0.05) is 32.6 Å². The van der Waals surface area contributed by atoms with Crippen LogP contribution in [-0.4, -0.2) is 23.8 Å². The first-order valence-electron chi connectivity index (χ1n) is 5.69. The molecule has 2 nitrogen and oxygen atoms in total. The van der Waals surface area contributed by atoms with Gasteiger partial charge in [-0.3, -0.25) is 0 Å². The van der Waals surface area contributed by atoms with E-state index in [4.69, 9.17) is 0 Å². The monoisotopic (exact) mass is 185 g/mol. The second-order valence-corrected chi connectivity index (χ2v) is 4.28. The van der Waals surface area contributed by atoms with Gasteiger partial charge in [0, 0.05) is 5.54 Å². The van der Waals surface area contributed by atoms with Crippen molar-refractivity contribution in [3.8, 4) is 0 Å². The molecule has 1 unspecified atom stereocenters. The van der Waals surface area contributed by atoms with Crippen LogP contribution >= 0.6 is 0 Å². The van der Waals surface area contributed by atoms with Crippen LogP contribution in [0.5, 0.6) is 0 Å². The maximum absolute atomic E-state index is 9.31. The zero-order chi connectivity index (χ0) is 9.57. The number of nitrogens with one attached hydrogen (secondary N) is 1. The summed E-state index contributed by atoms with van der Waals surface area (Å²) in [6.45, 7) is 3.64. The maximum Gasteiger partial charge on any atom is 0.0613 e. The lowest BCUT2D eigenvalue weighted by atomic mass is 9.91. The molecule has 0 aliphatic carbocycles. The molecule has 1 heterocycles. The van der Waals surface area contributed by atoms with Gasteiger partial charge in [0.1, 0.15) is 0 Å². The molecule has 1 rings (SSSR count). The largest absolute Gasteiger partial charge is 0.394 e. The molecule has 1 aliphatic heterocycles. The van der Waals surface area contributed by atoms with Crippen LogP contribution in [0.3, 0.4) is 0 Å². The minimum absolute atomic E-state index is 0.0910. The number of hydrogen-bond acceptors (Lipinski definition) is 2. The van der Waals surface area contributed by atoms with Crippen molar-refractivity contribution >= 4 is 0 Å². The number of aliphatic hydroxyl groups excluding tert-OH is 1. The lowest BCUT2D eigenvalue weighted by Gasteiger charge is -2.27. The average Bonchev–Trinajstić information content (AvgIpc) is 2.62. The first kappa shape index (κ1) is 11.0. The molecule has 2 N–H and O–H groups in total. The van der Waals surface area contributed by atoms with E-state index < -0.39 is 0 Å². The lowest BCUT2D eigenvalue weighted by Crippen LogP contribution is -2.43. The molecule has 0 aromatic heterocycles. The van der Waals surface area contributed by atoms with Gasteiger partial charge in [-0.15, -0.1) is 0 Å². The molecule has 0 spiro atoms. The van der Waals surface area contributed by atoms with Crippen LogP contribution in [0.25, 0.3) is 0 Å². The van der Waals surface area contributed by atoms with E-state index in [1.54, 1.807) is 0 Å². The number of hydrogen-bond donors (Lipinski definition) is 2. The molecule has 1 saturated heterocycles. The van der Waals surface area contributed by atoms with Crippen molar-refractivity contribution in [2.24, 2.45) is 0 Å². The SMILES string of the molecule is CCCCCCC1(CO)CCCN1. The molecule has 0 bridgehead atoms. The van der Waals surface area contributed by atoms with E-state index in [9.17, 15) is 5.11 Å². The van der Waals surface area contributed by atoms with Gasteiger partial charge < -0.3 is 10.4 Å². The van der Waals surface area contributed by atoms with Gasteiger partial charge in [0.05, 0.1) is 6.61 Å². The van der Waals surface area contributed by atoms with Crippen LogP contribution in [0.15, 0.2) is 0 Å². The molecular formula is C11H23NO. The van der Waals surface area contributed by atoms with Gasteiger partial charge in [-0.2, -0.15) is 0 Å². The van der Waals surface area contributed by atoms with Gasteiger partial charge in [-0.05, 0) is 25.8 Å². The van der Waals surface area contributed by atoms with E-state index in [2.05, 4.69) is 12.2 Å². The quantitative estimate of drug-likeness (QED) is 0.621. The topological polar surface area (TPSA) is 32.3 Å². The van der Waals surface area contributed by atoms with E-state index in [1.807, 2.05) is 0 Å². The minimum Gasteiger partial charge on any atom is -0.394 e. The van der Waals surface area contributed by atoms with Crippen LogP contribution in [0.4, 0.5) is 0 Å². The Morgan fingerprint density at radius 1 is 1.31 bits per heavy atom. The third-order valence-corrected chi connectivity index (χ3v) is 3.14. The lowest BCUT2D eigenvalue weighted by molar-refractivity contribution is 0.166. The van der Waals surface area contributed by atoms with Crippen LogP contribution in [-0.2, 0) is 0 Å². The Kier molecular flexibility index (Phi) is 4.74. The summed E-state index contributed by atoms with van der Waals surface area (Å²) < 4.78 is 0. The third-order valence-electron chi connectivity index (χ3n) is 3.14. The number of aliphatic hydroxyl groups is 1. The van der Waals surface area contributed by atoms with E-state index >= 15 is 0 Å². The third kappa shape index (κ3) is 3.28. The molecule has 0 aromatic rings. The molecule has 0 saturated carbocycles. The second-order valence-electron chi connectivity index (χ2n) is 4.28. The summed E-state index contributed by atoms with van der Waals surface area (Å²) >= 11 is 0. The predicted molar refractivity (Wildman–Crippen MR) is 55.8 cm³/mol. The summed E-state index contributed by atoms with van der Waals surface area (Å²) in [5.74, 6) is 0. The fourth-order valence-electron chi connectivity index (χ4n) is 2.19. The molecule has 1 atom stereocenters. The van der Waals surface area contributed by atoms with Crippen LogP contribution in [0.1, 0.15) is 51.9 Å². The van der Waals surface area contributed by atoms with E-state index in [0.717, 1.165) is 19.4 Å². The highest BCUT2D eigenvalue weighted by Gasteiger charge is 2.31. The van der Waals surface area contributed by atoms with Gasteiger partial charge in [0.25, 0.3) is 0 Å². The Bertz CT molecular complexity index is 130. The van der Waals surface area contributed by atoms with Crippen molar-refractivity contribution in [1.29, 1.82) is 0 Å². The van der Waals surface area contributed by atoms with Crippen molar-refractivity contribution < 1.29 is 5.11 Å². The van der Waals surface area contributed by atoms with E-state index in [0.29, 0.717) is 6.61 Å². The summed E-state index contributed by atoms with van der Waals surface area (Å²) in [5.41, 5.74) is 0.0910. The van der Waals surface area contributed by atoms with Gasteiger partial charge in [-0.25, -0.2) is 0 Å². The first-order chi connectivity index (χ1) is 6.33. The average molecular weight is 185 g/mol. The summed E-state index contributed by atoms with van der Waals surface area (Å²) in [7, 11) is 0. The number of rotatable bonds is 6. The minimum atomic E-state index is 0.0910. The summed E-state index contributed by atoms with van der Waals surface area (Å²) in [6.07, 6.45) is 8.76. The van der Waals surface area contributed by atoms with Crippen molar-refractivity contribution in [3.63, 3.8) is 0 Å². The fourth-order valence-corrected chi connectivity index (χ4v) is 2.19. The van der Waals surface area contributed by atoms with Crippen LogP contribution in [0, 0.1) is 0 Å².